The molecule has 0 aromatic carbocycles. The number of aromatic nitrogens is 2. The van der Waals surface area contributed by atoms with Gasteiger partial charge >= 0.3 is 0 Å². The summed E-state index contributed by atoms with van der Waals surface area (Å²) in [6, 6.07) is 2.16. The minimum atomic E-state index is -0.727. The van der Waals surface area contributed by atoms with Crippen molar-refractivity contribution in [1.29, 1.82) is 0 Å². The molecular weight excluding hydrogens is 352 g/mol. The highest BCUT2D eigenvalue weighted by Gasteiger charge is 2.28. The highest BCUT2D eigenvalue weighted by atomic mass is 32.2. The van der Waals surface area contributed by atoms with Crippen LogP contribution in [0, 0.1) is 6.92 Å². The fourth-order valence-corrected chi connectivity index (χ4v) is 4.91. The molecule has 0 bridgehead atoms. The molecule has 1 atom stereocenters. The highest BCUT2D eigenvalue weighted by molar-refractivity contribution is 8.08. The maximum absolute atomic E-state index is 11.5. The van der Waals surface area contributed by atoms with Gasteiger partial charge in [-0.3, -0.25) is 9.19 Å². The number of fused-ring (bicyclic) bond motifs is 1. The van der Waals surface area contributed by atoms with Crippen molar-refractivity contribution in [3.05, 3.63) is 29.7 Å². The van der Waals surface area contributed by atoms with Gasteiger partial charge in [0.15, 0.2) is 0 Å². The SMILES string of the molecule is C.CCS(=O)CSN1CN(c2ncc(C(C)C)c3cc(C)ncc23)C1. The lowest BCUT2D eigenvalue weighted by Gasteiger charge is -2.42. The topological polar surface area (TPSA) is 49.3 Å². The third kappa shape index (κ3) is 4.33. The fourth-order valence-electron chi connectivity index (χ4n) is 2.73. The van der Waals surface area contributed by atoms with Gasteiger partial charge in [0, 0.05) is 40.0 Å². The summed E-state index contributed by atoms with van der Waals surface area (Å²) in [4.78, 5) is 11.4. The maximum atomic E-state index is 11.5. The molecule has 1 unspecified atom stereocenters. The van der Waals surface area contributed by atoms with Crippen molar-refractivity contribution >= 4 is 39.3 Å². The second-order valence-electron chi connectivity index (χ2n) is 6.34. The Balaban J connectivity index is 0.00000225. The third-order valence-corrected chi connectivity index (χ3v) is 6.90. The molecule has 5 nitrogen and oxygen atoms in total. The standard InChI is InChI=1S/C17H24N4OS2.CH4/c1-5-24(22)11-23-21-9-20(10-21)17-16-8-18-13(4)6-14(16)15(7-19-17)12(2)3;/h6-8,12H,5,9-11H2,1-4H3;1H4. The van der Waals surface area contributed by atoms with Crippen LogP contribution in [0.3, 0.4) is 0 Å². The second kappa shape index (κ2) is 8.47. The Bertz CT molecular complexity index is 760. The number of nitrogens with zero attached hydrogens (tertiary/aromatic N) is 4. The van der Waals surface area contributed by atoms with Gasteiger partial charge in [-0.05, 0) is 29.9 Å². The summed E-state index contributed by atoms with van der Waals surface area (Å²) in [5.41, 5.74) is 2.30. The number of hydrogen-bond donors (Lipinski definition) is 0. The van der Waals surface area contributed by atoms with Crippen molar-refractivity contribution in [1.82, 2.24) is 14.3 Å². The van der Waals surface area contributed by atoms with Gasteiger partial charge in [0.2, 0.25) is 0 Å². The Hall–Kier alpha value is -1.18. The summed E-state index contributed by atoms with van der Waals surface area (Å²) in [6.07, 6.45) is 3.95. The predicted octanol–water partition coefficient (Wildman–Crippen LogP) is 4.11. The van der Waals surface area contributed by atoms with Gasteiger partial charge < -0.3 is 4.90 Å². The van der Waals surface area contributed by atoms with E-state index in [-0.39, 0.29) is 7.43 Å². The summed E-state index contributed by atoms with van der Waals surface area (Å²) in [7, 11) is -0.727. The molecule has 0 saturated carbocycles. The number of rotatable bonds is 6. The summed E-state index contributed by atoms with van der Waals surface area (Å²) in [6.45, 7) is 9.99. The van der Waals surface area contributed by atoms with Crippen molar-refractivity contribution in [2.75, 3.05) is 29.1 Å². The van der Waals surface area contributed by atoms with Gasteiger partial charge in [0.05, 0.1) is 18.4 Å². The zero-order chi connectivity index (χ0) is 17.3. The van der Waals surface area contributed by atoms with E-state index in [0.29, 0.717) is 11.0 Å². The largest absolute Gasteiger partial charge is 0.328 e. The monoisotopic (exact) mass is 380 g/mol. The first-order valence-electron chi connectivity index (χ1n) is 8.22. The van der Waals surface area contributed by atoms with Crippen LogP contribution in [0.25, 0.3) is 10.8 Å². The molecule has 2 aromatic rings. The van der Waals surface area contributed by atoms with E-state index < -0.39 is 10.8 Å². The van der Waals surface area contributed by atoms with Crippen LogP contribution in [0.2, 0.25) is 0 Å². The average molecular weight is 381 g/mol. The van der Waals surface area contributed by atoms with E-state index in [1.165, 1.54) is 10.9 Å². The predicted molar refractivity (Wildman–Crippen MR) is 110 cm³/mol. The first-order chi connectivity index (χ1) is 11.5. The number of aryl methyl sites for hydroxylation is 1. The molecule has 1 saturated heterocycles. The molecule has 1 aliphatic heterocycles. The zero-order valence-corrected chi connectivity index (χ0v) is 16.3. The molecule has 0 spiro atoms. The van der Waals surface area contributed by atoms with E-state index in [4.69, 9.17) is 4.98 Å². The lowest BCUT2D eigenvalue weighted by atomic mass is 9.98. The van der Waals surface area contributed by atoms with Crippen molar-refractivity contribution in [2.24, 2.45) is 0 Å². The number of pyridine rings is 2. The maximum Gasteiger partial charge on any atom is 0.140 e. The minimum Gasteiger partial charge on any atom is -0.328 e. The highest BCUT2D eigenvalue weighted by Crippen LogP contribution is 2.34. The van der Waals surface area contributed by atoms with E-state index >= 15 is 0 Å². The number of hydrogen-bond acceptors (Lipinski definition) is 6. The second-order valence-corrected chi connectivity index (χ2v) is 9.52. The lowest BCUT2D eigenvalue weighted by molar-refractivity contribution is 0.344. The summed E-state index contributed by atoms with van der Waals surface area (Å²) in [5, 5.41) is 3.04. The van der Waals surface area contributed by atoms with Crippen molar-refractivity contribution in [3.8, 4) is 0 Å². The van der Waals surface area contributed by atoms with Crippen LogP contribution >= 0.6 is 11.9 Å². The Kier molecular flexibility index (Phi) is 6.82. The molecule has 3 rings (SSSR count). The third-order valence-electron chi connectivity index (χ3n) is 4.19. The van der Waals surface area contributed by atoms with E-state index in [0.717, 1.165) is 36.0 Å². The zero-order valence-electron chi connectivity index (χ0n) is 14.7. The molecule has 25 heavy (non-hydrogen) atoms. The molecule has 1 fully saturated rings. The van der Waals surface area contributed by atoms with Crippen LogP contribution < -0.4 is 4.90 Å². The first-order valence-corrected chi connectivity index (χ1v) is 10.7. The van der Waals surface area contributed by atoms with E-state index in [1.807, 2.05) is 26.2 Å². The van der Waals surface area contributed by atoms with E-state index in [1.54, 1.807) is 11.9 Å². The smallest absolute Gasteiger partial charge is 0.140 e. The average Bonchev–Trinajstić information content (AvgIpc) is 2.52. The Morgan fingerprint density at radius 3 is 2.60 bits per heavy atom. The van der Waals surface area contributed by atoms with Gasteiger partial charge in [-0.15, -0.1) is 0 Å². The molecule has 7 heteroatoms. The normalized spacial score (nSPS) is 16.0. The van der Waals surface area contributed by atoms with E-state index in [2.05, 4.69) is 34.1 Å². The first kappa shape index (κ1) is 20.1. The van der Waals surface area contributed by atoms with Crippen LogP contribution in [-0.4, -0.2) is 42.7 Å². The molecular formula is C18H28N4OS2. The van der Waals surface area contributed by atoms with Crippen LogP contribution in [-0.2, 0) is 10.8 Å². The van der Waals surface area contributed by atoms with Crippen LogP contribution in [0.1, 0.15) is 45.4 Å². The molecule has 0 aliphatic carbocycles. The quantitative estimate of drug-likeness (QED) is 0.703. The van der Waals surface area contributed by atoms with Gasteiger partial charge in [0.25, 0.3) is 0 Å². The minimum absolute atomic E-state index is 0. The molecule has 1 aliphatic rings. The van der Waals surface area contributed by atoms with Crippen LogP contribution in [0.4, 0.5) is 5.82 Å². The number of anilines is 1. The molecule has 138 valence electrons. The molecule has 2 aromatic heterocycles. The van der Waals surface area contributed by atoms with Gasteiger partial charge in [-0.1, -0.05) is 40.1 Å². The summed E-state index contributed by atoms with van der Waals surface area (Å²) in [5.74, 6) is 2.15. The summed E-state index contributed by atoms with van der Waals surface area (Å²) < 4.78 is 13.8. The molecule has 3 heterocycles. The van der Waals surface area contributed by atoms with Gasteiger partial charge in [-0.2, -0.15) is 0 Å². The lowest BCUT2D eigenvalue weighted by Crippen LogP contribution is -2.52. The molecule has 0 radical (unpaired) electrons. The van der Waals surface area contributed by atoms with Crippen molar-refractivity contribution < 1.29 is 4.21 Å². The Morgan fingerprint density at radius 2 is 1.96 bits per heavy atom. The molecule has 0 N–H and O–H groups in total. The fraction of sp³-hybridized carbons (Fsp3) is 0.556. The van der Waals surface area contributed by atoms with Crippen molar-refractivity contribution in [2.45, 2.75) is 41.0 Å². The Morgan fingerprint density at radius 1 is 1.24 bits per heavy atom. The van der Waals surface area contributed by atoms with Gasteiger partial charge in [0.1, 0.15) is 5.82 Å². The van der Waals surface area contributed by atoms with Crippen molar-refractivity contribution in [3.63, 3.8) is 0 Å². The van der Waals surface area contributed by atoms with Crippen LogP contribution in [0.5, 0.6) is 0 Å². The van der Waals surface area contributed by atoms with Crippen LogP contribution in [0.15, 0.2) is 18.5 Å². The van der Waals surface area contributed by atoms with E-state index in [9.17, 15) is 4.21 Å². The van der Waals surface area contributed by atoms with Gasteiger partial charge in [-0.25, -0.2) is 9.29 Å². The summed E-state index contributed by atoms with van der Waals surface area (Å²) >= 11 is 1.66. The molecule has 0 amide bonds. The Labute approximate surface area is 157 Å².